The van der Waals surface area contributed by atoms with E-state index in [1.165, 1.54) is 10.4 Å². The van der Waals surface area contributed by atoms with Gasteiger partial charge in [-0.05, 0) is 37.4 Å². The van der Waals surface area contributed by atoms with Gasteiger partial charge in [0.1, 0.15) is 17.6 Å². The van der Waals surface area contributed by atoms with Crippen LogP contribution in [0.4, 0.5) is 0 Å². The average Bonchev–Trinajstić information content (AvgIpc) is 3.11. The number of ether oxygens (including phenoxy) is 2. The molecule has 1 aliphatic heterocycles. The summed E-state index contributed by atoms with van der Waals surface area (Å²) in [6.45, 7) is 5.06. The molecule has 1 aliphatic rings. The summed E-state index contributed by atoms with van der Waals surface area (Å²) in [5, 5.41) is 5.66. The summed E-state index contributed by atoms with van der Waals surface area (Å²) in [6.07, 6.45) is 1.23. The Morgan fingerprint density at radius 2 is 2.33 bits per heavy atom. The Bertz CT molecular complexity index is 610. The minimum atomic E-state index is 0.262. The van der Waals surface area contributed by atoms with Gasteiger partial charge in [0.25, 0.3) is 0 Å². The van der Waals surface area contributed by atoms with Gasteiger partial charge >= 0.3 is 0 Å². The lowest BCUT2D eigenvalue weighted by Crippen LogP contribution is -2.17. The molecule has 0 saturated carbocycles. The van der Waals surface area contributed by atoms with Crippen LogP contribution in [-0.4, -0.2) is 13.2 Å². The Morgan fingerprint density at radius 3 is 3.05 bits per heavy atom. The van der Waals surface area contributed by atoms with Gasteiger partial charge in [-0.2, -0.15) is 0 Å². The molecule has 0 saturated heterocycles. The van der Waals surface area contributed by atoms with Gasteiger partial charge in [0.2, 0.25) is 0 Å². The van der Waals surface area contributed by atoms with E-state index in [9.17, 15) is 0 Å². The summed E-state index contributed by atoms with van der Waals surface area (Å²) < 4.78 is 11.4. The minimum Gasteiger partial charge on any atom is -0.496 e. The third-order valence-corrected chi connectivity index (χ3v) is 4.92. The maximum atomic E-state index is 5.84. The van der Waals surface area contributed by atoms with Gasteiger partial charge in [-0.25, -0.2) is 0 Å². The number of nitrogens with one attached hydrogen (secondary N) is 1. The molecule has 3 rings (SSSR count). The largest absolute Gasteiger partial charge is 0.496 e. The van der Waals surface area contributed by atoms with E-state index < -0.39 is 0 Å². The molecule has 0 aliphatic carbocycles. The van der Waals surface area contributed by atoms with Crippen LogP contribution in [0.1, 0.15) is 35.9 Å². The van der Waals surface area contributed by atoms with Crippen molar-refractivity contribution in [3.8, 4) is 11.5 Å². The van der Waals surface area contributed by atoms with Gasteiger partial charge < -0.3 is 14.8 Å². The van der Waals surface area contributed by atoms with Crippen LogP contribution < -0.4 is 14.8 Å². The molecular weight excluding hydrogens is 282 g/mol. The van der Waals surface area contributed by atoms with E-state index in [2.05, 4.69) is 48.8 Å². The molecule has 1 unspecified atom stereocenters. The Labute approximate surface area is 129 Å². The van der Waals surface area contributed by atoms with Gasteiger partial charge in [-0.1, -0.05) is 6.07 Å². The fraction of sp³-hybridized carbons (Fsp3) is 0.412. The van der Waals surface area contributed by atoms with E-state index in [4.69, 9.17) is 9.47 Å². The first-order valence-electron chi connectivity index (χ1n) is 7.30. The molecule has 1 N–H and O–H groups in total. The first-order chi connectivity index (χ1) is 10.2. The summed E-state index contributed by atoms with van der Waals surface area (Å²) in [5.41, 5.74) is 2.39. The van der Waals surface area contributed by atoms with Crippen molar-refractivity contribution in [2.45, 2.75) is 39.0 Å². The van der Waals surface area contributed by atoms with Gasteiger partial charge in [0.15, 0.2) is 0 Å². The molecule has 2 aromatic rings. The normalized spacial score (nSPS) is 18.1. The maximum absolute atomic E-state index is 5.84. The number of hydrogen-bond donors (Lipinski definition) is 1. The summed E-state index contributed by atoms with van der Waals surface area (Å²) in [6, 6.07) is 8.82. The third-order valence-electron chi connectivity index (χ3n) is 3.87. The second-order valence-corrected chi connectivity index (χ2v) is 6.50. The zero-order chi connectivity index (χ0) is 14.8. The van der Waals surface area contributed by atoms with Gasteiger partial charge in [0.05, 0.1) is 7.11 Å². The first-order valence-corrected chi connectivity index (χ1v) is 8.18. The molecule has 0 bridgehead atoms. The van der Waals surface area contributed by atoms with E-state index in [0.29, 0.717) is 6.04 Å². The van der Waals surface area contributed by atoms with E-state index in [-0.39, 0.29) is 6.10 Å². The molecule has 1 aromatic heterocycles. The van der Waals surface area contributed by atoms with E-state index in [1.54, 1.807) is 18.4 Å². The summed E-state index contributed by atoms with van der Waals surface area (Å²) in [7, 11) is 1.73. The number of hydrogen-bond acceptors (Lipinski definition) is 4. The number of methoxy groups -OCH3 is 1. The smallest absolute Gasteiger partial charge is 0.123 e. The Balaban J connectivity index is 1.74. The quantitative estimate of drug-likeness (QED) is 0.908. The SMILES string of the molecule is COc1cc2c(cc1CN[C@@H](C)c1cccs1)OC(C)C2. The highest BCUT2D eigenvalue weighted by Gasteiger charge is 2.21. The van der Waals surface area contributed by atoms with Gasteiger partial charge in [-0.15, -0.1) is 11.3 Å². The molecule has 0 fully saturated rings. The summed E-state index contributed by atoms with van der Waals surface area (Å²) in [5.74, 6) is 1.95. The molecule has 21 heavy (non-hydrogen) atoms. The molecule has 0 radical (unpaired) electrons. The van der Waals surface area contributed by atoms with Crippen LogP contribution in [0, 0.1) is 0 Å². The van der Waals surface area contributed by atoms with E-state index in [1.807, 2.05) is 0 Å². The van der Waals surface area contributed by atoms with Crippen molar-refractivity contribution >= 4 is 11.3 Å². The van der Waals surface area contributed by atoms with Crippen LogP contribution in [0.2, 0.25) is 0 Å². The lowest BCUT2D eigenvalue weighted by atomic mass is 10.1. The van der Waals surface area contributed by atoms with Crippen LogP contribution in [-0.2, 0) is 13.0 Å². The van der Waals surface area contributed by atoms with Crippen molar-refractivity contribution in [1.29, 1.82) is 0 Å². The lowest BCUT2D eigenvalue weighted by Gasteiger charge is -2.15. The Hall–Kier alpha value is -1.52. The predicted octanol–water partition coefficient (Wildman–Crippen LogP) is 3.93. The topological polar surface area (TPSA) is 30.5 Å². The molecule has 0 amide bonds. The lowest BCUT2D eigenvalue weighted by molar-refractivity contribution is 0.254. The minimum absolute atomic E-state index is 0.262. The predicted molar refractivity (Wildman–Crippen MR) is 86.4 cm³/mol. The Kier molecular flexibility index (Phi) is 4.17. The van der Waals surface area contributed by atoms with E-state index >= 15 is 0 Å². The van der Waals surface area contributed by atoms with Crippen molar-refractivity contribution < 1.29 is 9.47 Å². The molecule has 2 atom stereocenters. The highest BCUT2D eigenvalue weighted by Crippen LogP contribution is 2.35. The number of rotatable bonds is 5. The van der Waals surface area contributed by atoms with Crippen molar-refractivity contribution in [2.75, 3.05) is 7.11 Å². The first kappa shape index (κ1) is 14.4. The molecule has 1 aromatic carbocycles. The standard InChI is InChI=1S/C17H21NO2S/c1-11-7-13-8-15(19-3)14(9-16(13)20-11)10-18-12(2)17-5-4-6-21-17/h4-6,8-9,11-12,18H,7,10H2,1-3H3/t11?,12-/m0/s1. The molecular formula is C17H21NO2S. The molecule has 4 heteroatoms. The van der Waals surface area contributed by atoms with Crippen LogP contribution in [0.5, 0.6) is 11.5 Å². The Morgan fingerprint density at radius 1 is 1.48 bits per heavy atom. The van der Waals surface area contributed by atoms with Crippen molar-refractivity contribution in [2.24, 2.45) is 0 Å². The van der Waals surface area contributed by atoms with Crippen molar-refractivity contribution in [3.05, 3.63) is 45.6 Å². The number of fused-ring (bicyclic) bond motifs is 1. The monoisotopic (exact) mass is 303 g/mol. The van der Waals surface area contributed by atoms with Crippen LogP contribution in [0.25, 0.3) is 0 Å². The second-order valence-electron chi connectivity index (χ2n) is 5.52. The highest BCUT2D eigenvalue weighted by molar-refractivity contribution is 7.10. The van der Waals surface area contributed by atoms with Crippen molar-refractivity contribution in [1.82, 2.24) is 5.32 Å². The molecule has 2 heterocycles. The van der Waals surface area contributed by atoms with E-state index in [0.717, 1.165) is 30.0 Å². The average molecular weight is 303 g/mol. The number of thiophene rings is 1. The molecule has 3 nitrogen and oxygen atoms in total. The molecule has 0 spiro atoms. The molecule has 112 valence electrons. The van der Waals surface area contributed by atoms with Crippen LogP contribution >= 0.6 is 11.3 Å². The highest BCUT2D eigenvalue weighted by atomic mass is 32.1. The van der Waals surface area contributed by atoms with Gasteiger partial charge in [0, 0.05) is 35.0 Å². The van der Waals surface area contributed by atoms with Crippen molar-refractivity contribution in [3.63, 3.8) is 0 Å². The zero-order valence-corrected chi connectivity index (χ0v) is 13.5. The summed E-state index contributed by atoms with van der Waals surface area (Å²) >= 11 is 1.78. The van der Waals surface area contributed by atoms with Crippen LogP contribution in [0.15, 0.2) is 29.6 Å². The zero-order valence-electron chi connectivity index (χ0n) is 12.7. The fourth-order valence-electron chi connectivity index (χ4n) is 2.71. The fourth-order valence-corrected chi connectivity index (χ4v) is 3.47. The number of benzene rings is 1. The summed E-state index contributed by atoms with van der Waals surface area (Å²) in [4.78, 5) is 1.35. The second kappa shape index (κ2) is 6.08. The van der Waals surface area contributed by atoms with Gasteiger partial charge in [-0.3, -0.25) is 0 Å². The third kappa shape index (κ3) is 3.06. The van der Waals surface area contributed by atoms with Crippen LogP contribution in [0.3, 0.4) is 0 Å². The maximum Gasteiger partial charge on any atom is 0.123 e.